The van der Waals surface area contributed by atoms with Gasteiger partial charge in [-0.25, -0.2) is 0 Å². The predicted octanol–water partition coefficient (Wildman–Crippen LogP) is 2.19. The number of aryl methyl sites for hydroxylation is 2. The van der Waals surface area contributed by atoms with Gasteiger partial charge in [-0.1, -0.05) is 12.1 Å². The molecule has 0 fully saturated rings. The number of ether oxygens (including phenoxy) is 3. The molecule has 0 saturated carbocycles. The van der Waals surface area contributed by atoms with Crippen molar-refractivity contribution >= 4 is 0 Å². The molecule has 108 valence electrons. The number of rotatable bonds is 9. The minimum absolute atomic E-state index is 0.565. The lowest BCUT2D eigenvalue weighted by atomic mass is 10.1. The third-order valence-electron chi connectivity index (χ3n) is 2.87. The SMILES string of the molecule is COCCOCCCOc1c(C)cc(CN)cc1C. The third kappa shape index (κ3) is 5.59. The second kappa shape index (κ2) is 8.91. The summed E-state index contributed by atoms with van der Waals surface area (Å²) >= 11 is 0. The number of hydrogen-bond donors (Lipinski definition) is 1. The van der Waals surface area contributed by atoms with Crippen LogP contribution < -0.4 is 10.5 Å². The quantitative estimate of drug-likeness (QED) is 0.697. The van der Waals surface area contributed by atoms with Gasteiger partial charge in [-0.05, 0) is 30.5 Å². The van der Waals surface area contributed by atoms with Crippen LogP contribution in [0.25, 0.3) is 0 Å². The molecule has 0 spiro atoms. The molecule has 1 aromatic rings. The summed E-state index contributed by atoms with van der Waals surface area (Å²) in [4.78, 5) is 0. The van der Waals surface area contributed by atoms with Crippen molar-refractivity contribution < 1.29 is 14.2 Å². The summed E-state index contributed by atoms with van der Waals surface area (Å²) in [6.07, 6.45) is 0.876. The van der Waals surface area contributed by atoms with Crippen molar-refractivity contribution in [1.29, 1.82) is 0 Å². The Balaban J connectivity index is 2.33. The predicted molar refractivity (Wildman–Crippen MR) is 76.6 cm³/mol. The summed E-state index contributed by atoms with van der Waals surface area (Å²) in [5, 5.41) is 0. The Morgan fingerprint density at radius 2 is 1.68 bits per heavy atom. The summed E-state index contributed by atoms with van der Waals surface area (Å²) < 4.78 is 16.1. The number of hydrogen-bond acceptors (Lipinski definition) is 4. The van der Waals surface area contributed by atoms with Crippen molar-refractivity contribution in [2.45, 2.75) is 26.8 Å². The lowest BCUT2D eigenvalue weighted by Crippen LogP contribution is -2.08. The Hall–Kier alpha value is -1.10. The average molecular weight is 267 g/mol. The van der Waals surface area contributed by atoms with Crippen LogP contribution in [-0.4, -0.2) is 33.5 Å². The van der Waals surface area contributed by atoms with E-state index in [4.69, 9.17) is 19.9 Å². The first kappa shape index (κ1) is 16.0. The van der Waals surface area contributed by atoms with Crippen LogP contribution in [0.2, 0.25) is 0 Å². The highest BCUT2D eigenvalue weighted by atomic mass is 16.5. The fraction of sp³-hybridized carbons (Fsp3) is 0.600. The van der Waals surface area contributed by atoms with Gasteiger partial charge in [-0.3, -0.25) is 0 Å². The fourth-order valence-corrected chi connectivity index (χ4v) is 1.97. The summed E-state index contributed by atoms with van der Waals surface area (Å²) in [6, 6.07) is 4.16. The molecule has 0 aliphatic carbocycles. The molecule has 1 rings (SSSR count). The van der Waals surface area contributed by atoms with Crippen LogP contribution in [0.4, 0.5) is 0 Å². The highest BCUT2D eigenvalue weighted by molar-refractivity contribution is 5.43. The molecule has 4 heteroatoms. The highest BCUT2D eigenvalue weighted by Crippen LogP contribution is 2.24. The molecular formula is C15H25NO3. The van der Waals surface area contributed by atoms with Crippen molar-refractivity contribution in [2.24, 2.45) is 5.73 Å². The van der Waals surface area contributed by atoms with E-state index in [9.17, 15) is 0 Å². The van der Waals surface area contributed by atoms with Gasteiger partial charge in [0.05, 0.1) is 19.8 Å². The maximum atomic E-state index is 5.82. The zero-order chi connectivity index (χ0) is 14.1. The molecule has 0 saturated heterocycles. The Kier molecular flexibility index (Phi) is 7.48. The van der Waals surface area contributed by atoms with Crippen molar-refractivity contribution in [1.82, 2.24) is 0 Å². The fourth-order valence-electron chi connectivity index (χ4n) is 1.97. The van der Waals surface area contributed by atoms with E-state index in [1.54, 1.807) is 7.11 Å². The average Bonchev–Trinajstić information content (AvgIpc) is 2.40. The van der Waals surface area contributed by atoms with E-state index in [2.05, 4.69) is 26.0 Å². The van der Waals surface area contributed by atoms with Gasteiger partial charge in [0.2, 0.25) is 0 Å². The number of benzene rings is 1. The molecule has 1 aromatic carbocycles. The van der Waals surface area contributed by atoms with Crippen LogP contribution in [0.3, 0.4) is 0 Å². The van der Waals surface area contributed by atoms with Gasteiger partial charge in [0.25, 0.3) is 0 Å². The van der Waals surface area contributed by atoms with E-state index in [-0.39, 0.29) is 0 Å². The molecule has 4 nitrogen and oxygen atoms in total. The lowest BCUT2D eigenvalue weighted by molar-refractivity contribution is 0.0643. The first-order chi connectivity index (χ1) is 9.19. The molecule has 0 aromatic heterocycles. The molecule has 0 amide bonds. The summed E-state index contributed by atoms with van der Waals surface area (Å²) in [7, 11) is 1.67. The van der Waals surface area contributed by atoms with E-state index in [0.717, 1.165) is 28.9 Å². The monoisotopic (exact) mass is 267 g/mol. The maximum absolute atomic E-state index is 5.82. The second-order valence-corrected chi connectivity index (χ2v) is 4.57. The van der Waals surface area contributed by atoms with Crippen molar-refractivity contribution in [2.75, 3.05) is 33.5 Å². The van der Waals surface area contributed by atoms with Crippen molar-refractivity contribution in [3.63, 3.8) is 0 Å². The molecule has 0 unspecified atom stereocenters. The van der Waals surface area contributed by atoms with Gasteiger partial charge in [0, 0.05) is 26.7 Å². The normalized spacial score (nSPS) is 10.7. The van der Waals surface area contributed by atoms with Crippen LogP contribution in [0.15, 0.2) is 12.1 Å². The van der Waals surface area contributed by atoms with Gasteiger partial charge < -0.3 is 19.9 Å². The zero-order valence-electron chi connectivity index (χ0n) is 12.2. The Bertz CT molecular complexity index is 357. The largest absolute Gasteiger partial charge is 0.493 e. The van der Waals surface area contributed by atoms with E-state index in [1.807, 2.05) is 0 Å². The minimum atomic E-state index is 0.565. The maximum Gasteiger partial charge on any atom is 0.125 e. The van der Waals surface area contributed by atoms with E-state index < -0.39 is 0 Å². The summed E-state index contributed by atoms with van der Waals surface area (Å²) in [6.45, 7) is 7.31. The summed E-state index contributed by atoms with van der Waals surface area (Å²) in [5.41, 5.74) is 9.07. The van der Waals surface area contributed by atoms with Gasteiger partial charge in [-0.15, -0.1) is 0 Å². The molecule has 0 atom stereocenters. The number of methoxy groups -OCH3 is 1. The van der Waals surface area contributed by atoms with Gasteiger partial charge in [0.15, 0.2) is 0 Å². The molecule has 0 aliphatic heterocycles. The first-order valence-corrected chi connectivity index (χ1v) is 6.68. The van der Waals surface area contributed by atoms with E-state index in [0.29, 0.717) is 33.0 Å². The lowest BCUT2D eigenvalue weighted by Gasteiger charge is -2.13. The van der Waals surface area contributed by atoms with Crippen LogP contribution in [0, 0.1) is 13.8 Å². The highest BCUT2D eigenvalue weighted by Gasteiger charge is 2.05. The third-order valence-corrected chi connectivity index (χ3v) is 2.87. The van der Waals surface area contributed by atoms with Gasteiger partial charge in [0.1, 0.15) is 5.75 Å². The summed E-state index contributed by atoms with van der Waals surface area (Å²) in [5.74, 6) is 0.967. The molecule has 19 heavy (non-hydrogen) atoms. The molecular weight excluding hydrogens is 242 g/mol. The zero-order valence-corrected chi connectivity index (χ0v) is 12.2. The van der Waals surface area contributed by atoms with Crippen LogP contribution in [-0.2, 0) is 16.0 Å². The standard InChI is InChI=1S/C15H25NO3/c1-12-9-14(11-16)10-13(2)15(12)19-6-4-5-18-8-7-17-3/h9-10H,4-8,11,16H2,1-3H3. The van der Waals surface area contributed by atoms with Crippen LogP contribution >= 0.6 is 0 Å². The van der Waals surface area contributed by atoms with Gasteiger partial charge >= 0.3 is 0 Å². The Morgan fingerprint density at radius 3 is 2.26 bits per heavy atom. The second-order valence-electron chi connectivity index (χ2n) is 4.57. The Labute approximate surface area is 115 Å². The van der Waals surface area contributed by atoms with Crippen LogP contribution in [0.5, 0.6) is 5.75 Å². The molecule has 0 bridgehead atoms. The van der Waals surface area contributed by atoms with Crippen molar-refractivity contribution in [3.8, 4) is 5.75 Å². The molecule has 0 radical (unpaired) electrons. The smallest absolute Gasteiger partial charge is 0.125 e. The van der Waals surface area contributed by atoms with Crippen LogP contribution in [0.1, 0.15) is 23.1 Å². The molecule has 0 aliphatic rings. The Morgan fingerprint density at radius 1 is 1.00 bits per heavy atom. The van der Waals surface area contributed by atoms with Crippen molar-refractivity contribution in [3.05, 3.63) is 28.8 Å². The van der Waals surface area contributed by atoms with Gasteiger partial charge in [-0.2, -0.15) is 0 Å². The minimum Gasteiger partial charge on any atom is -0.493 e. The number of nitrogens with two attached hydrogens (primary N) is 1. The topological polar surface area (TPSA) is 53.7 Å². The molecule has 2 N–H and O–H groups in total. The molecule has 0 heterocycles. The van der Waals surface area contributed by atoms with E-state index >= 15 is 0 Å². The van der Waals surface area contributed by atoms with E-state index in [1.165, 1.54) is 0 Å². The first-order valence-electron chi connectivity index (χ1n) is 6.68.